The molecule has 2 aliphatic rings. The molecule has 2 aliphatic heterocycles. The molecule has 0 N–H and O–H groups in total. The molecule has 2 saturated heterocycles. The molecule has 4 atom stereocenters. The molecular weight excluding hydrogens is 344 g/mol. The highest BCUT2D eigenvalue weighted by Gasteiger charge is 2.55. The van der Waals surface area contributed by atoms with Gasteiger partial charge in [0.15, 0.2) is 12.1 Å². The van der Waals surface area contributed by atoms with Crippen LogP contribution < -0.4 is 0 Å². The van der Waals surface area contributed by atoms with E-state index in [9.17, 15) is 0 Å². The van der Waals surface area contributed by atoms with Gasteiger partial charge >= 0.3 is 0 Å². The minimum absolute atomic E-state index is 0.233. The van der Waals surface area contributed by atoms with Gasteiger partial charge in [-0.2, -0.15) is 0 Å². The molecule has 5 nitrogen and oxygen atoms in total. The van der Waals surface area contributed by atoms with Crippen LogP contribution in [0.3, 0.4) is 0 Å². The third-order valence-corrected chi connectivity index (χ3v) is 4.77. The van der Waals surface area contributed by atoms with E-state index in [1.807, 2.05) is 74.5 Å². The molecule has 2 aromatic rings. The molecule has 144 valence electrons. The Labute approximate surface area is 160 Å². The van der Waals surface area contributed by atoms with Crippen LogP contribution in [0.1, 0.15) is 25.0 Å². The first-order valence-electron chi connectivity index (χ1n) is 9.39. The first-order valence-corrected chi connectivity index (χ1v) is 9.39. The summed E-state index contributed by atoms with van der Waals surface area (Å²) in [5.74, 6) is -0.667. The topological polar surface area (TPSA) is 46.2 Å². The van der Waals surface area contributed by atoms with E-state index in [1.165, 1.54) is 0 Å². The van der Waals surface area contributed by atoms with Crippen LogP contribution in [0.5, 0.6) is 0 Å². The Morgan fingerprint density at radius 2 is 1.48 bits per heavy atom. The Balaban J connectivity index is 1.38. The molecule has 0 aliphatic carbocycles. The lowest BCUT2D eigenvalue weighted by Crippen LogP contribution is -2.38. The second-order valence-electron chi connectivity index (χ2n) is 7.41. The van der Waals surface area contributed by atoms with E-state index in [-0.39, 0.29) is 18.3 Å². The van der Waals surface area contributed by atoms with Crippen molar-refractivity contribution in [2.24, 2.45) is 0 Å². The van der Waals surface area contributed by atoms with Gasteiger partial charge in [0.1, 0.15) is 18.3 Å². The zero-order valence-electron chi connectivity index (χ0n) is 15.7. The van der Waals surface area contributed by atoms with Crippen molar-refractivity contribution >= 4 is 0 Å². The number of fused-ring (bicyclic) bond motifs is 1. The first-order chi connectivity index (χ1) is 13.1. The lowest BCUT2D eigenvalue weighted by Gasteiger charge is -2.26. The monoisotopic (exact) mass is 370 g/mol. The average molecular weight is 370 g/mol. The summed E-state index contributed by atoms with van der Waals surface area (Å²) >= 11 is 0. The van der Waals surface area contributed by atoms with Crippen molar-refractivity contribution in [2.45, 2.75) is 57.5 Å². The summed E-state index contributed by atoms with van der Waals surface area (Å²) < 4.78 is 30.1. The van der Waals surface area contributed by atoms with Crippen LogP contribution >= 0.6 is 0 Å². The van der Waals surface area contributed by atoms with Crippen LogP contribution in [0.2, 0.25) is 0 Å². The Kier molecular flexibility index (Phi) is 5.57. The fourth-order valence-corrected chi connectivity index (χ4v) is 3.52. The largest absolute Gasteiger partial charge is 0.374 e. The van der Waals surface area contributed by atoms with Gasteiger partial charge in [0.25, 0.3) is 0 Å². The highest BCUT2D eigenvalue weighted by Crippen LogP contribution is 2.39. The molecule has 0 radical (unpaired) electrons. The van der Waals surface area contributed by atoms with Crippen molar-refractivity contribution in [3.05, 3.63) is 71.8 Å². The van der Waals surface area contributed by atoms with Gasteiger partial charge in [-0.05, 0) is 25.0 Å². The van der Waals surface area contributed by atoms with Crippen molar-refractivity contribution in [1.82, 2.24) is 0 Å². The third-order valence-electron chi connectivity index (χ3n) is 4.77. The van der Waals surface area contributed by atoms with E-state index >= 15 is 0 Å². The average Bonchev–Trinajstić information content (AvgIpc) is 3.13. The van der Waals surface area contributed by atoms with Crippen LogP contribution in [-0.4, -0.2) is 37.0 Å². The molecule has 0 unspecified atom stereocenters. The summed E-state index contributed by atoms with van der Waals surface area (Å²) in [4.78, 5) is 0. The molecule has 27 heavy (non-hydrogen) atoms. The van der Waals surface area contributed by atoms with Crippen LogP contribution in [0.4, 0.5) is 0 Å². The van der Waals surface area contributed by atoms with Gasteiger partial charge in [0.05, 0.1) is 19.8 Å². The van der Waals surface area contributed by atoms with E-state index in [1.54, 1.807) is 0 Å². The van der Waals surface area contributed by atoms with Gasteiger partial charge in [0, 0.05) is 0 Å². The fourth-order valence-electron chi connectivity index (χ4n) is 3.52. The summed E-state index contributed by atoms with van der Waals surface area (Å²) in [6.45, 7) is 5.24. The van der Waals surface area contributed by atoms with Gasteiger partial charge in [-0.1, -0.05) is 60.7 Å². The van der Waals surface area contributed by atoms with E-state index in [0.717, 1.165) is 11.1 Å². The Bertz CT molecular complexity index is 718. The standard InChI is InChI=1S/C22H26O5/c1-22(2)26-20-19(24-14-17-11-7-4-8-12-17)18(25-21(20)27-22)15-23-13-16-9-5-3-6-10-16/h3-12,18-21H,13-15H2,1-2H3/t18-,19-,20+,21+/m0/s1. The number of rotatable bonds is 7. The number of ether oxygens (including phenoxy) is 5. The minimum Gasteiger partial charge on any atom is -0.374 e. The molecular formula is C22H26O5. The maximum atomic E-state index is 6.20. The number of benzene rings is 2. The van der Waals surface area contributed by atoms with Crippen LogP contribution in [0.25, 0.3) is 0 Å². The summed E-state index contributed by atoms with van der Waals surface area (Å²) in [7, 11) is 0. The highest BCUT2D eigenvalue weighted by atomic mass is 16.8. The van der Waals surface area contributed by atoms with Crippen molar-refractivity contribution < 1.29 is 23.7 Å². The quantitative estimate of drug-likeness (QED) is 0.744. The molecule has 2 fully saturated rings. The molecule has 4 rings (SSSR count). The predicted octanol–water partition coefficient (Wildman–Crippen LogP) is 3.67. The molecule has 0 bridgehead atoms. The normalized spacial score (nSPS) is 29.0. The maximum absolute atomic E-state index is 6.20. The molecule has 0 saturated carbocycles. The lowest BCUT2D eigenvalue weighted by atomic mass is 10.1. The van der Waals surface area contributed by atoms with Crippen LogP contribution in [0, 0.1) is 0 Å². The second kappa shape index (κ2) is 8.09. The SMILES string of the molecule is CC1(C)O[C@H]2O[C@@H](COCc3ccccc3)[C@H](OCc3ccccc3)[C@H]2O1. The van der Waals surface area contributed by atoms with Crippen molar-refractivity contribution in [1.29, 1.82) is 0 Å². The third kappa shape index (κ3) is 4.57. The molecule has 5 heteroatoms. The van der Waals surface area contributed by atoms with Gasteiger partial charge < -0.3 is 23.7 Å². The van der Waals surface area contributed by atoms with E-state index in [4.69, 9.17) is 23.7 Å². The maximum Gasteiger partial charge on any atom is 0.190 e. The summed E-state index contributed by atoms with van der Waals surface area (Å²) in [5.41, 5.74) is 2.24. The number of hydrogen-bond acceptors (Lipinski definition) is 5. The van der Waals surface area contributed by atoms with Crippen LogP contribution in [-0.2, 0) is 36.9 Å². The molecule has 2 heterocycles. The summed E-state index contributed by atoms with van der Waals surface area (Å²) in [5, 5.41) is 0. The predicted molar refractivity (Wildman–Crippen MR) is 99.8 cm³/mol. The van der Waals surface area contributed by atoms with E-state index in [0.29, 0.717) is 19.8 Å². The van der Waals surface area contributed by atoms with Gasteiger partial charge in [0.2, 0.25) is 0 Å². The molecule has 0 amide bonds. The van der Waals surface area contributed by atoms with Crippen LogP contribution in [0.15, 0.2) is 60.7 Å². The molecule has 0 spiro atoms. The minimum atomic E-state index is -0.667. The highest BCUT2D eigenvalue weighted by molar-refractivity contribution is 5.14. The smallest absolute Gasteiger partial charge is 0.190 e. The fraction of sp³-hybridized carbons (Fsp3) is 0.455. The summed E-state index contributed by atoms with van der Waals surface area (Å²) in [6.07, 6.45) is -1.16. The van der Waals surface area contributed by atoms with Gasteiger partial charge in [-0.3, -0.25) is 0 Å². The zero-order chi connectivity index (χ0) is 18.7. The van der Waals surface area contributed by atoms with Gasteiger partial charge in [-0.15, -0.1) is 0 Å². The van der Waals surface area contributed by atoms with Crippen molar-refractivity contribution in [3.8, 4) is 0 Å². The Morgan fingerprint density at radius 1 is 0.852 bits per heavy atom. The molecule has 2 aromatic carbocycles. The van der Waals surface area contributed by atoms with Crippen molar-refractivity contribution in [3.63, 3.8) is 0 Å². The van der Waals surface area contributed by atoms with E-state index < -0.39 is 12.1 Å². The Hall–Kier alpha value is -1.76. The lowest BCUT2D eigenvalue weighted by molar-refractivity contribution is -0.225. The first kappa shape index (κ1) is 18.6. The zero-order valence-corrected chi connectivity index (χ0v) is 15.7. The van der Waals surface area contributed by atoms with E-state index in [2.05, 4.69) is 0 Å². The van der Waals surface area contributed by atoms with Gasteiger partial charge in [-0.25, -0.2) is 0 Å². The number of hydrogen-bond donors (Lipinski definition) is 0. The Morgan fingerprint density at radius 3 is 2.15 bits per heavy atom. The summed E-state index contributed by atoms with van der Waals surface area (Å²) in [6, 6.07) is 20.2. The van der Waals surface area contributed by atoms with Crippen molar-refractivity contribution in [2.75, 3.05) is 6.61 Å². The molecule has 0 aromatic heterocycles. The second-order valence-corrected chi connectivity index (χ2v) is 7.41.